The molecule has 0 unspecified atom stereocenters. The van der Waals surface area contributed by atoms with Crippen LogP contribution in [0.3, 0.4) is 0 Å². The second kappa shape index (κ2) is 7.05. The maximum Gasteiger partial charge on any atom is 0.324 e. The zero-order valence-corrected chi connectivity index (χ0v) is 10.1. The van der Waals surface area contributed by atoms with E-state index in [1.54, 1.807) is 0 Å². The van der Waals surface area contributed by atoms with Crippen molar-refractivity contribution in [2.75, 3.05) is 26.3 Å². The maximum atomic E-state index is 10.8. The van der Waals surface area contributed by atoms with Gasteiger partial charge in [0.15, 0.2) is 0 Å². The van der Waals surface area contributed by atoms with E-state index in [0.717, 1.165) is 26.2 Å². The number of amides is 2. The number of hydrogen-bond donors (Lipinski definition) is 3. The Kier molecular flexibility index (Phi) is 5.63. The minimum Gasteiger partial charge on any atom is -0.359 e. The molecule has 6 heteroatoms. The van der Waals surface area contributed by atoms with Crippen LogP contribution in [0.25, 0.3) is 0 Å². The summed E-state index contributed by atoms with van der Waals surface area (Å²) in [4.78, 5) is 15.2. The summed E-state index contributed by atoms with van der Waals surface area (Å²) >= 11 is 3.64. The minimum absolute atomic E-state index is 0.256. The summed E-state index contributed by atoms with van der Waals surface area (Å²) in [6, 6.07) is -0.256. The predicted octanol–water partition coefficient (Wildman–Crippen LogP) is 0.753. The first-order chi connectivity index (χ1) is 7.76. The Morgan fingerprint density at radius 3 is 2.94 bits per heavy atom. The molecule has 0 fully saturated rings. The summed E-state index contributed by atoms with van der Waals surface area (Å²) in [5, 5.41) is 2.69. The van der Waals surface area contributed by atoms with E-state index in [-0.39, 0.29) is 6.03 Å². The topological polar surface area (TPSA) is 47.6 Å². The Morgan fingerprint density at radius 1 is 1.50 bits per heavy atom. The average molecular weight is 242 g/mol. The maximum absolute atomic E-state index is 10.8. The number of carbonyl (C=O) groups is 1. The number of rotatable bonds is 6. The number of carbonyl (C=O) groups excluding carboxylic acids is 1. The van der Waals surface area contributed by atoms with E-state index in [9.17, 15) is 4.79 Å². The molecule has 0 spiro atoms. The average Bonchev–Trinajstić information content (AvgIpc) is 2.72. The molecule has 1 aliphatic rings. The Bertz CT molecular complexity index is 270. The van der Waals surface area contributed by atoms with Crippen molar-refractivity contribution in [1.29, 1.82) is 0 Å². The van der Waals surface area contributed by atoms with Crippen molar-refractivity contribution in [2.45, 2.75) is 6.42 Å². The highest BCUT2D eigenvalue weighted by molar-refractivity contribution is 7.78. The van der Waals surface area contributed by atoms with Gasteiger partial charge < -0.3 is 15.1 Å². The summed E-state index contributed by atoms with van der Waals surface area (Å²) in [7, 11) is 0. The smallest absolute Gasteiger partial charge is 0.324 e. The highest BCUT2D eigenvalue weighted by Crippen LogP contribution is 2.06. The van der Waals surface area contributed by atoms with Crippen LogP contribution < -0.4 is 10.0 Å². The highest BCUT2D eigenvalue weighted by Gasteiger charge is 2.09. The summed E-state index contributed by atoms with van der Waals surface area (Å²) in [5.74, 6) is 0. The molecule has 1 rings (SSSR count). The van der Waals surface area contributed by atoms with Crippen LogP contribution in [0.15, 0.2) is 25.1 Å². The summed E-state index contributed by atoms with van der Waals surface area (Å²) in [5.41, 5.74) is 0. The first-order valence-electron chi connectivity index (χ1n) is 5.21. The third-order valence-electron chi connectivity index (χ3n) is 2.22. The van der Waals surface area contributed by atoms with Crippen LogP contribution in [0, 0.1) is 0 Å². The van der Waals surface area contributed by atoms with Gasteiger partial charge in [0.1, 0.15) is 0 Å². The molecule has 0 aromatic carbocycles. The summed E-state index contributed by atoms with van der Waals surface area (Å²) in [6.07, 6.45) is 6.90. The fraction of sp³-hybridized carbons (Fsp3) is 0.500. The van der Waals surface area contributed by atoms with Crippen molar-refractivity contribution in [3.05, 3.63) is 25.1 Å². The van der Waals surface area contributed by atoms with E-state index in [0.29, 0.717) is 6.54 Å². The quantitative estimate of drug-likeness (QED) is 0.366. The van der Waals surface area contributed by atoms with Crippen LogP contribution in [-0.4, -0.2) is 42.1 Å². The monoisotopic (exact) mass is 242 g/mol. The number of nitrogens with one attached hydrogen (secondary N) is 2. The van der Waals surface area contributed by atoms with Gasteiger partial charge in [-0.3, -0.25) is 4.72 Å². The Hall–Kier alpha value is -1.30. The van der Waals surface area contributed by atoms with Gasteiger partial charge in [0.25, 0.3) is 0 Å². The largest absolute Gasteiger partial charge is 0.359 e. The number of thiol groups is 1. The van der Waals surface area contributed by atoms with E-state index in [1.165, 1.54) is 0 Å². The molecule has 2 amide bonds. The van der Waals surface area contributed by atoms with Crippen LogP contribution in [0.1, 0.15) is 6.42 Å². The van der Waals surface area contributed by atoms with Gasteiger partial charge in [-0.05, 0) is 6.42 Å². The van der Waals surface area contributed by atoms with E-state index >= 15 is 0 Å². The SMILES string of the molecule is C=CCN1C=CN(CCCNC(=O)NS)C1. The lowest BCUT2D eigenvalue weighted by Crippen LogP contribution is -2.33. The molecule has 0 atom stereocenters. The van der Waals surface area contributed by atoms with Gasteiger partial charge in [-0.2, -0.15) is 0 Å². The van der Waals surface area contributed by atoms with E-state index in [1.807, 2.05) is 6.08 Å². The molecule has 0 saturated heterocycles. The van der Waals surface area contributed by atoms with Crippen LogP contribution in [0.4, 0.5) is 4.79 Å². The molecule has 0 radical (unpaired) electrons. The van der Waals surface area contributed by atoms with Crippen LogP contribution in [0.2, 0.25) is 0 Å². The molecule has 1 aliphatic heterocycles. The molecule has 16 heavy (non-hydrogen) atoms. The zero-order valence-electron chi connectivity index (χ0n) is 9.22. The van der Waals surface area contributed by atoms with Crippen molar-refractivity contribution in [1.82, 2.24) is 19.8 Å². The van der Waals surface area contributed by atoms with Crippen molar-refractivity contribution >= 4 is 18.8 Å². The molecule has 0 saturated carbocycles. The van der Waals surface area contributed by atoms with E-state index in [4.69, 9.17) is 0 Å². The molecular formula is C10H18N4OS. The number of urea groups is 1. The third kappa shape index (κ3) is 4.48. The van der Waals surface area contributed by atoms with Gasteiger partial charge in [-0.1, -0.05) is 18.9 Å². The second-order valence-electron chi connectivity index (χ2n) is 3.53. The highest BCUT2D eigenvalue weighted by atomic mass is 32.1. The van der Waals surface area contributed by atoms with Crippen LogP contribution in [-0.2, 0) is 0 Å². The van der Waals surface area contributed by atoms with E-state index < -0.39 is 0 Å². The van der Waals surface area contributed by atoms with Gasteiger partial charge in [0.2, 0.25) is 0 Å². The predicted molar refractivity (Wildman–Crippen MR) is 67.8 cm³/mol. The fourth-order valence-corrected chi connectivity index (χ4v) is 1.55. The van der Waals surface area contributed by atoms with Crippen molar-refractivity contribution in [3.63, 3.8) is 0 Å². The van der Waals surface area contributed by atoms with Gasteiger partial charge in [0.05, 0.1) is 6.67 Å². The first-order valence-corrected chi connectivity index (χ1v) is 5.66. The van der Waals surface area contributed by atoms with Crippen molar-refractivity contribution in [2.24, 2.45) is 0 Å². The Labute approximate surface area is 102 Å². The van der Waals surface area contributed by atoms with Gasteiger partial charge in [-0.25, -0.2) is 4.79 Å². The molecule has 2 N–H and O–H groups in total. The molecule has 0 aromatic rings. The molecule has 0 aromatic heterocycles. The summed E-state index contributed by atoms with van der Waals surface area (Å²) in [6.45, 7) is 7.04. The molecule has 90 valence electrons. The molecular weight excluding hydrogens is 224 g/mol. The number of nitrogens with zero attached hydrogens (tertiary/aromatic N) is 2. The lowest BCUT2D eigenvalue weighted by Gasteiger charge is -2.20. The Balaban J connectivity index is 2.05. The minimum atomic E-state index is -0.256. The number of hydrogen-bond acceptors (Lipinski definition) is 4. The van der Waals surface area contributed by atoms with Gasteiger partial charge in [0, 0.05) is 32.0 Å². The molecule has 0 aliphatic carbocycles. The lowest BCUT2D eigenvalue weighted by atomic mass is 10.4. The normalized spacial score (nSPS) is 14.1. The van der Waals surface area contributed by atoms with Crippen LogP contribution in [0.5, 0.6) is 0 Å². The van der Waals surface area contributed by atoms with Crippen molar-refractivity contribution in [3.8, 4) is 0 Å². The van der Waals surface area contributed by atoms with Crippen LogP contribution >= 0.6 is 12.8 Å². The fourth-order valence-electron chi connectivity index (χ4n) is 1.47. The molecule has 0 bridgehead atoms. The van der Waals surface area contributed by atoms with E-state index in [2.05, 4.69) is 51.6 Å². The summed E-state index contributed by atoms with van der Waals surface area (Å²) < 4.78 is 2.21. The third-order valence-corrected chi connectivity index (χ3v) is 2.43. The first kappa shape index (κ1) is 12.8. The lowest BCUT2D eigenvalue weighted by molar-refractivity contribution is 0.244. The van der Waals surface area contributed by atoms with Gasteiger partial charge >= 0.3 is 6.03 Å². The molecule has 5 nitrogen and oxygen atoms in total. The van der Waals surface area contributed by atoms with Crippen molar-refractivity contribution < 1.29 is 4.79 Å². The molecule has 1 heterocycles. The van der Waals surface area contributed by atoms with Gasteiger partial charge in [-0.15, -0.1) is 6.58 Å². The standard InChI is InChI=1S/C10H18N4OS/c1-2-5-13-7-8-14(9-13)6-3-4-11-10(15)12-16/h2,7-8,16H,1,3-6,9H2,(H2,11,12,15). The Morgan fingerprint density at radius 2 is 2.25 bits per heavy atom. The second-order valence-corrected chi connectivity index (χ2v) is 3.76. The zero-order chi connectivity index (χ0) is 11.8.